The number of aromatic amines is 1. The SMILES string of the molecule is N#Cc1cnc2[nH]cc(C(=O)c3c(Cl)cc(Oc4ccccc4)cc3Cl)c2c1N[C@@H]1CC[C@@H](CO)OC1. The molecule has 2 atom stereocenters. The number of aliphatic hydroxyl groups excluding tert-OH is 1. The van der Waals surface area contributed by atoms with Crippen LogP contribution in [0.15, 0.2) is 54.9 Å². The quantitative estimate of drug-likeness (QED) is 0.258. The first-order valence-corrected chi connectivity index (χ1v) is 12.4. The van der Waals surface area contributed by atoms with Crippen LogP contribution in [-0.4, -0.2) is 46.2 Å². The predicted molar refractivity (Wildman–Crippen MR) is 141 cm³/mol. The van der Waals surface area contributed by atoms with Crippen molar-refractivity contribution in [1.82, 2.24) is 9.97 Å². The molecule has 0 bridgehead atoms. The number of ether oxygens (including phenoxy) is 2. The number of benzene rings is 2. The van der Waals surface area contributed by atoms with Gasteiger partial charge < -0.3 is 24.9 Å². The highest BCUT2D eigenvalue weighted by molar-refractivity contribution is 6.42. The Morgan fingerprint density at radius 2 is 1.97 bits per heavy atom. The van der Waals surface area contributed by atoms with Crippen molar-refractivity contribution >= 4 is 45.7 Å². The first-order chi connectivity index (χ1) is 18.0. The van der Waals surface area contributed by atoms with Crippen LogP contribution in [0.3, 0.4) is 0 Å². The van der Waals surface area contributed by atoms with Gasteiger partial charge in [-0.05, 0) is 25.0 Å². The van der Waals surface area contributed by atoms with Crippen LogP contribution >= 0.6 is 23.2 Å². The number of nitriles is 1. The number of carbonyl (C=O) groups is 1. The summed E-state index contributed by atoms with van der Waals surface area (Å²) in [5, 5.41) is 23.2. The maximum absolute atomic E-state index is 13.7. The first kappa shape index (κ1) is 25.1. The Labute approximate surface area is 222 Å². The minimum absolute atomic E-state index is 0.0389. The topological polar surface area (TPSA) is 120 Å². The molecule has 1 fully saturated rings. The summed E-state index contributed by atoms with van der Waals surface area (Å²) in [5.41, 5.74) is 1.59. The summed E-state index contributed by atoms with van der Waals surface area (Å²) in [6.07, 6.45) is 4.19. The number of hydrogen-bond donors (Lipinski definition) is 3. The van der Waals surface area contributed by atoms with E-state index < -0.39 is 5.78 Å². The fraction of sp³-hybridized carbons (Fsp3) is 0.222. The van der Waals surface area contributed by atoms with Crippen molar-refractivity contribution < 1.29 is 19.4 Å². The number of aliphatic hydroxyl groups is 1. The second kappa shape index (κ2) is 10.8. The van der Waals surface area contributed by atoms with Gasteiger partial charge in [-0.25, -0.2) is 4.98 Å². The minimum Gasteiger partial charge on any atom is -0.457 e. The van der Waals surface area contributed by atoms with Crippen LogP contribution in [-0.2, 0) is 4.74 Å². The summed E-state index contributed by atoms with van der Waals surface area (Å²) in [5.74, 6) is 0.576. The van der Waals surface area contributed by atoms with Gasteiger partial charge in [0.2, 0.25) is 0 Å². The number of halogens is 2. The van der Waals surface area contributed by atoms with Crippen molar-refractivity contribution in [3.05, 3.63) is 81.6 Å². The molecule has 3 heterocycles. The molecule has 5 rings (SSSR count). The lowest BCUT2D eigenvalue weighted by molar-refractivity contribution is -0.0223. The molecular weight excluding hydrogens is 515 g/mol. The standard InChI is InChI=1S/C27H22Cl2N4O4/c28-21-8-19(37-17-4-2-1-3-5-17)9-22(29)24(21)26(35)20-12-32-27-23(20)25(15(10-30)11-31-27)33-16-6-7-18(13-34)36-14-16/h1-5,8-9,11-12,16,18,34H,6-7,13-14H2,(H2,31,32,33)/t16-,18+/m1/s1. The average molecular weight is 537 g/mol. The fourth-order valence-corrected chi connectivity index (χ4v) is 5.00. The average Bonchev–Trinajstić information content (AvgIpc) is 3.34. The maximum Gasteiger partial charge on any atom is 0.198 e. The molecule has 4 aromatic rings. The van der Waals surface area contributed by atoms with E-state index in [-0.39, 0.29) is 45.5 Å². The normalized spacial score (nSPS) is 17.4. The molecule has 10 heteroatoms. The van der Waals surface area contributed by atoms with E-state index >= 15 is 0 Å². The number of rotatable bonds is 7. The molecule has 188 valence electrons. The number of nitrogens with zero attached hydrogens (tertiary/aromatic N) is 2. The number of carbonyl (C=O) groups excluding carboxylic acids is 1. The smallest absolute Gasteiger partial charge is 0.198 e. The number of H-pyrrole nitrogens is 1. The molecule has 0 unspecified atom stereocenters. The third-order valence-corrected chi connectivity index (χ3v) is 6.81. The van der Waals surface area contributed by atoms with Crippen LogP contribution < -0.4 is 10.1 Å². The molecule has 8 nitrogen and oxygen atoms in total. The van der Waals surface area contributed by atoms with Gasteiger partial charge in [0.25, 0.3) is 0 Å². The molecule has 2 aromatic carbocycles. The lowest BCUT2D eigenvalue weighted by atomic mass is 9.99. The molecule has 0 spiro atoms. The van der Waals surface area contributed by atoms with Crippen LogP contribution in [0.25, 0.3) is 11.0 Å². The molecule has 3 N–H and O–H groups in total. The van der Waals surface area contributed by atoms with Gasteiger partial charge in [0, 0.05) is 30.6 Å². The van der Waals surface area contributed by atoms with Gasteiger partial charge >= 0.3 is 0 Å². The predicted octanol–water partition coefficient (Wildman–Crippen LogP) is 5.72. The molecule has 0 saturated carbocycles. The van der Waals surface area contributed by atoms with Crippen LogP contribution in [0.5, 0.6) is 11.5 Å². The highest BCUT2D eigenvalue weighted by Crippen LogP contribution is 2.37. The molecule has 37 heavy (non-hydrogen) atoms. The Morgan fingerprint density at radius 1 is 1.22 bits per heavy atom. The van der Waals surface area contributed by atoms with Gasteiger partial charge in [-0.15, -0.1) is 0 Å². The number of anilines is 1. The Bertz CT molecular complexity index is 1470. The van der Waals surface area contributed by atoms with Gasteiger partial charge in [0.1, 0.15) is 23.2 Å². The monoisotopic (exact) mass is 536 g/mol. The number of para-hydroxylation sites is 1. The zero-order valence-electron chi connectivity index (χ0n) is 19.5. The number of aromatic nitrogens is 2. The Balaban J connectivity index is 1.50. The molecular formula is C27H22Cl2N4O4. The van der Waals surface area contributed by atoms with Crippen molar-refractivity contribution in [3.63, 3.8) is 0 Å². The van der Waals surface area contributed by atoms with E-state index in [0.717, 1.165) is 6.42 Å². The van der Waals surface area contributed by atoms with Crippen LogP contribution in [0, 0.1) is 11.3 Å². The maximum atomic E-state index is 13.7. The van der Waals surface area contributed by atoms with Crippen LogP contribution in [0.4, 0.5) is 5.69 Å². The summed E-state index contributed by atoms with van der Waals surface area (Å²) >= 11 is 13.1. The van der Waals surface area contributed by atoms with Crippen molar-refractivity contribution in [2.45, 2.75) is 25.0 Å². The third-order valence-electron chi connectivity index (χ3n) is 6.21. The van der Waals surface area contributed by atoms with Crippen molar-refractivity contribution in [1.29, 1.82) is 5.26 Å². The van der Waals surface area contributed by atoms with E-state index in [1.54, 1.807) is 12.1 Å². The zero-order chi connectivity index (χ0) is 25.9. The molecule has 0 radical (unpaired) electrons. The molecule has 0 amide bonds. The Kier molecular flexibility index (Phi) is 7.31. The summed E-state index contributed by atoms with van der Waals surface area (Å²) in [6.45, 7) is 0.316. The number of pyridine rings is 1. The van der Waals surface area contributed by atoms with Crippen molar-refractivity contribution in [3.8, 4) is 17.6 Å². The van der Waals surface area contributed by atoms with Gasteiger partial charge in [0.15, 0.2) is 5.78 Å². The zero-order valence-corrected chi connectivity index (χ0v) is 21.0. The van der Waals surface area contributed by atoms with Gasteiger partial charge in [-0.1, -0.05) is 41.4 Å². The lowest BCUT2D eigenvalue weighted by Gasteiger charge is -2.29. The summed E-state index contributed by atoms with van der Waals surface area (Å²) in [4.78, 5) is 21.1. The van der Waals surface area contributed by atoms with Gasteiger partial charge in [0.05, 0.1) is 57.1 Å². The number of hydrogen-bond acceptors (Lipinski definition) is 7. The lowest BCUT2D eigenvalue weighted by Crippen LogP contribution is -2.36. The van der Waals surface area contributed by atoms with Crippen LogP contribution in [0.1, 0.15) is 34.3 Å². The number of nitrogens with one attached hydrogen (secondary N) is 2. The third kappa shape index (κ3) is 5.13. The van der Waals surface area contributed by atoms with E-state index in [0.29, 0.717) is 41.2 Å². The highest BCUT2D eigenvalue weighted by atomic mass is 35.5. The van der Waals surface area contributed by atoms with Crippen LogP contribution in [0.2, 0.25) is 10.0 Å². The van der Waals surface area contributed by atoms with Crippen molar-refractivity contribution in [2.75, 3.05) is 18.5 Å². The minimum atomic E-state index is -0.423. The van der Waals surface area contributed by atoms with Crippen molar-refractivity contribution in [2.24, 2.45) is 0 Å². The molecule has 1 aliphatic heterocycles. The van der Waals surface area contributed by atoms with E-state index in [1.807, 2.05) is 18.2 Å². The highest BCUT2D eigenvalue weighted by Gasteiger charge is 2.27. The Hall–Kier alpha value is -3.61. The van der Waals surface area contributed by atoms with E-state index in [4.69, 9.17) is 32.7 Å². The second-order valence-corrected chi connectivity index (χ2v) is 9.46. The number of fused-ring (bicyclic) bond motifs is 1. The van der Waals surface area contributed by atoms with E-state index in [1.165, 1.54) is 24.5 Å². The first-order valence-electron chi connectivity index (χ1n) is 11.6. The summed E-state index contributed by atoms with van der Waals surface area (Å²) in [7, 11) is 0. The van der Waals surface area contributed by atoms with Gasteiger partial charge in [-0.2, -0.15) is 5.26 Å². The number of ketones is 1. The largest absolute Gasteiger partial charge is 0.457 e. The molecule has 1 saturated heterocycles. The van der Waals surface area contributed by atoms with E-state index in [9.17, 15) is 15.2 Å². The fourth-order valence-electron chi connectivity index (χ4n) is 4.36. The summed E-state index contributed by atoms with van der Waals surface area (Å²) < 4.78 is 11.5. The molecule has 2 aromatic heterocycles. The second-order valence-electron chi connectivity index (χ2n) is 8.65. The Morgan fingerprint density at radius 3 is 2.62 bits per heavy atom. The van der Waals surface area contributed by atoms with Gasteiger partial charge in [-0.3, -0.25) is 4.79 Å². The van der Waals surface area contributed by atoms with E-state index in [2.05, 4.69) is 21.4 Å². The molecule has 0 aliphatic carbocycles. The summed E-state index contributed by atoms with van der Waals surface area (Å²) in [6, 6.07) is 14.3. The molecule has 1 aliphatic rings.